The van der Waals surface area contributed by atoms with Gasteiger partial charge in [-0.25, -0.2) is 4.39 Å². The van der Waals surface area contributed by atoms with E-state index < -0.39 is 5.82 Å². The van der Waals surface area contributed by atoms with Gasteiger partial charge in [-0.05, 0) is 43.7 Å². The van der Waals surface area contributed by atoms with Crippen molar-refractivity contribution in [1.29, 1.82) is 0 Å². The number of nitrogens with zero attached hydrogens (tertiary/aromatic N) is 1. The normalized spacial score (nSPS) is 19.1. The minimum atomic E-state index is -0.404. The van der Waals surface area contributed by atoms with Gasteiger partial charge in [0, 0.05) is 12.6 Å². The van der Waals surface area contributed by atoms with Crippen LogP contribution in [0.5, 0.6) is 0 Å². The van der Waals surface area contributed by atoms with Crippen molar-refractivity contribution in [2.45, 2.75) is 31.7 Å². The number of hydrogen-bond donors (Lipinski definition) is 0. The van der Waals surface area contributed by atoms with Crippen LogP contribution in [0.4, 0.5) is 4.39 Å². The second-order valence-corrected chi connectivity index (χ2v) is 5.11. The molecular formula is C14H16FNO. The number of carbonyl (C=O) groups is 1. The third-order valence-corrected chi connectivity index (χ3v) is 3.50. The summed E-state index contributed by atoms with van der Waals surface area (Å²) in [6.07, 6.45) is 4.58. The van der Waals surface area contributed by atoms with Gasteiger partial charge < -0.3 is 4.90 Å². The molecule has 1 aromatic carbocycles. The van der Waals surface area contributed by atoms with Crippen LogP contribution in [0.2, 0.25) is 0 Å². The van der Waals surface area contributed by atoms with E-state index in [2.05, 4.69) is 0 Å². The van der Waals surface area contributed by atoms with Crippen LogP contribution in [-0.4, -0.2) is 23.4 Å². The van der Waals surface area contributed by atoms with E-state index in [-0.39, 0.29) is 11.5 Å². The molecule has 2 saturated carbocycles. The molecular weight excluding hydrogens is 217 g/mol. The summed E-state index contributed by atoms with van der Waals surface area (Å²) in [6.45, 7) is 0.817. The molecule has 0 aliphatic heterocycles. The molecule has 0 atom stereocenters. The van der Waals surface area contributed by atoms with Crippen LogP contribution in [0.15, 0.2) is 24.3 Å². The molecule has 17 heavy (non-hydrogen) atoms. The highest BCUT2D eigenvalue weighted by molar-refractivity contribution is 5.94. The van der Waals surface area contributed by atoms with Gasteiger partial charge >= 0.3 is 0 Å². The largest absolute Gasteiger partial charge is 0.335 e. The molecule has 0 heterocycles. The third-order valence-electron chi connectivity index (χ3n) is 3.50. The Labute approximate surface area is 100 Å². The molecule has 0 unspecified atom stereocenters. The minimum Gasteiger partial charge on any atom is -0.335 e. The average molecular weight is 233 g/mol. The molecule has 0 spiro atoms. The van der Waals surface area contributed by atoms with Crippen LogP contribution >= 0.6 is 0 Å². The van der Waals surface area contributed by atoms with E-state index in [0.29, 0.717) is 12.0 Å². The van der Waals surface area contributed by atoms with Crippen molar-refractivity contribution in [2.24, 2.45) is 5.92 Å². The van der Waals surface area contributed by atoms with Gasteiger partial charge in [-0.1, -0.05) is 12.1 Å². The maximum absolute atomic E-state index is 13.6. The lowest BCUT2D eigenvalue weighted by Crippen LogP contribution is -2.35. The fourth-order valence-corrected chi connectivity index (χ4v) is 2.15. The van der Waals surface area contributed by atoms with Gasteiger partial charge in [0.15, 0.2) is 0 Å². The second kappa shape index (κ2) is 4.13. The van der Waals surface area contributed by atoms with Gasteiger partial charge in [0.25, 0.3) is 5.91 Å². The summed E-state index contributed by atoms with van der Waals surface area (Å²) in [7, 11) is 0. The summed E-state index contributed by atoms with van der Waals surface area (Å²) in [5.41, 5.74) is 0.222. The van der Waals surface area contributed by atoms with Crippen LogP contribution in [0.3, 0.4) is 0 Å². The average Bonchev–Trinajstić information content (AvgIpc) is 3.17. The van der Waals surface area contributed by atoms with E-state index in [0.717, 1.165) is 19.4 Å². The molecule has 0 N–H and O–H groups in total. The molecule has 3 heteroatoms. The van der Waals surface area contributed by atoms with E-state index in [1.54, 1.807) is 18.2 Å². The van der Waals surface area contributed by atoms with Gasteiger partial charge in [0.2, 0.25) is 0 Å². The predicted molar refractivity (Wildman–Crippen MR) is 63.2 cm³/mol. The Morgan fingerprint density at radius 1 is 1.24 bits per heavy atom. The quantitative estimate of drug-likeness (QED) is 0.783. The van der Waals surface area contributed by atoms with Crippen molar-refractivity contribution < 1.29 is 9.18 Å². The Morgan fingerprint density at radius 3 is 2.53 bits per heavy atom. The van der Waals surface area contributed by atoms with Gasteiger partial charge in [-0.2, -0.15) is 0 Å². The highest BCUT2D eigenvalue weighted by Gasteiger charge is 2.37. The summed E-state index contributed by atoms with van der Waals surface area (Å²) in [5.74, 6) is 0.128. The second-order valence-electron chi connectivity index (χ2n) is 5.11. The first-order valence-electron chi connectivity index (χ1n) is 6.31. The van der Waals surface area contributed by atoms with Gasteiger partial charge in [0.05, 0.1) is 5.56 Å². The number of rotatable bonds is 4. The molecule has 2 aliphatic rings. The Morgan fingerprint density at radius 2 is 1.94 bits per heavy atom. The molecule has 2 nitrogen and oxygen atoms in total. The number of benzene rings is 1. The van der Waals surface area contributed by atoms with Crippen molar-refractivity contribution in [3.05, 3.63) is 35.6 Å². The zero-order chi connectivity index (χ0) is 11.8. The molecule has 0 aromatic heterocycles. The number of carbonyl (C=O) groups excluding carboxylic acids is 1. The van der Waals surface area contributed by atoms with Crippen LogP contribution in [0, 0.1) is 11.7 Å². The molecule has 0 saturated heterocycles. The van der Waals surface area contributed by atoms with Crippen LogP contribution in [-0.2, 0) is 0 Å². The van der Waals surface area contributed by atoms with E-state index in [9.17, 15) is 9.18 Å². The maximum Gasteiger partial charge on any atom is 0.257 e. The first-order chi connectivity index (χ1) is 8.25. The Hall–Kier alpha value is -1.38. The fraction of sp³-hybridized carbons (Fsp3) is 0.500. The Balaban J connectivity index is 1.80. The summed E-state index contributed by atoms with van der Waals surface area (Å²) < 4.78 is 13.6. The third kappa shape index (κ3) is 2.33. The Bertz CT molecular complexity index is 438. The van der Waals surface area contributed by atoms with Crippen molar-refractivity contribution in [3.63, 3.8) is 0 Å². The van der Waals surface area contributed by atoms with Crippen molar-refractivity contribution in [3.8, 4) is 0 Å². The highest BCUT2D eigenvalue weighted by atomic mass is 19.1. The molecule has 0 bridgehead atoms. The van der Waals surface area contributed by atoms with Gasteiger partial charge in [0.1, 0.15) is 5.82 Å². The summed E-state index contributed by atoms with van der Waals surface area (Å²) in [5, 5.41) is 0. The molecule has 90 valence electrons. The Kier molecular flexibility index (Phi) is 2.61. The van der Waals surface area contributed by atoms with E-state index in [1.165, 1.54) is 18.9 Å². The molecule has 2 aliphatic carbocycles. The highest BCUT2D eigenvalue weighted by Crippen LogP contribution is 2.35. The van der Waals surface area contributed by atoms with Crippen LogP contribution in [0.1, 0.15) is 36.0 Å². The smallest absolute Gasteiger partial charge is 0.257 e. The van der Waals surface area contributed by atoms with Crippen LogP contribution in [0.25, 0.3) is 0 Å². The summed E-state index contributed by atoms with van der Waals surface area (Å²) in [6, 6.07) is 6.64. The van der Waals surface area contributed by atoms with E-state index in [4.69, 9.17) is 0 Å². The van der Waals surface area contributed by atoms with Crippen molar-refractivity contribution >= 4 is 5.91 Å². The maximum atomic E-state index is 13.6. The molecule has 1 amide bonds. The lowest BCUT2D eigenvalue weighted by Gasteiger charge is -2.22. The molecule has 1 aromatic rings. The molecule has 3 rings (SSSR count). The fourth-order valence-electron chi connectivity index (χ4n) is 2.15. The van der Waals surface area contributed by atoms with E-state index in [1.807, 2.05) is 4.90 Å². The summed E-state index contributed by atoms with van der Waals surface area (Å²) in [4.78, 5) is 14.2. The lowest BCUT2D eigenvalue weighted by molar-refractivity contribution is 0.0730. The topological polar surface area (TPSA) is 20.3 Å². The molecule has 2 fully saturated rings. The zero-order valence-electron chi connectivity index (χ0n) is 9.73. The summed E-state index contributed by atoms with van der Waals surface area (Å²) >= 11 is 0. The molecule has 0 radical (unpaired) electrons. The first-order valence-corrected chi connectivity index (χ1v) is 6.31. The SMILES string of the molecule is O=C(c1ccccc1F)N(CC1CC1)C1CC1. The zero-order valence-corrected chi connectivity index (χ0v) is 9.73. The number of amides is 1. The standard InChI is InChI=1S/C14H16FNO/c15-13-4-2-1-3-12(13)14(17)16(11-7-8-11)9-10-5-6-10/h1-4,10-11H,5-9H2. The van der Waals surface area contributed by atoms with Crippen LogP contribution < -0.4 is 0 Å². The monoisotopic (exact) mass is 233 g/mol. The predicted octanol–water partition coefficient (Wildman–Crippen LogP) is 2.84. The first kappa shape index (κ1) is 10.8. The van der Waals surface area contributed by atoms with E-state index >= 15 is 0 Å². The minimum absolute atomic E-state index is 0.127. The lowest BCUT2D eigenvalue weighted by atomic mass is 10.1. The number of hydrogen-bond acceptors (Lipinski definition) is 1. The number of halogens is 1. The van der Waals surface area contributed by atoms with Gasteiger partial charge in [-0.3, -0.25) is 4.79 Å². The van der Waals surface area contributed by atoms with Crippen molar-refractivity contribution in [2.75, 3.05) is 6.54 Å². The van der Waals surface area contributed by atoms with Crippen molar-refractivity contribution in [1.82, 2.24) is 4.90 Å². The van der Waals surface area contributed by atoms with Gasteiger partial charge in [-0.15, -0.1) is 0 Å².